The zero-order chi connectivity index (χ0) is 18.1. The Labute approximate surface area is 155 Å². The van der Waals surface area contributed by atoms with Crippen molar-refractivity contribution in [2.75, 3.05) is 18.0 Å². The number of hydrogen-bond donors (Lipinski definition) is 0. The normalized spacial score (nSPS) is 21.5. The van der Waals surface area contributed by atoms with E-state index in [1.165, 1.54) is 19.3 Å². The van der Waals surface area contributed by atoms with Gasteiger partial charge in [-0.1, -0.05) is 0 Å². The van der Waals surface area contributed by atoms with Gasteiger partial charge in [0.25, 0.3) is 5.95 Å². The van der Waals surface area contributed by atoms with Gasteiger partial charge in [-0.15, -0.1) is 0 Å². The number of ether oxygens (including phenoxy) is 1. The van der Waals surface area contributed by atoms with Crippen LogP contribution in [-0.4, -0.2) is 45.0 Å². The summed E-state index contributed by atoms with van der Waals surface area (Å²) in [4.78, 5) is 11.8. The van der Waals surface area contributed by atoms with Crippen LogP contribution in [0.3, 0.4) is 0 Å². The van der Waals surface area contributed by atoms with Gasteiger partial charge in [-0.25, -0.2) is 9.67 Å². The highest BCUT2D eigenvalue weighted by molar-refractivity contribution is 5.42. The van der Waals surface area contributed by atoms with Crippen molar-refractivity contribution in [3.05, 3.63) is 29.2 Å². The Bertz CT molecular complexity index is 768. The largest absolute Gasteiger partial charge is 0.375 e. The molecule has 6 nitrogen and oxygen atoms in total. The van der Waals surface area contributed by atoms with Crippen LogP contribution in [0.15, 0.2) is 12.1 Å². The van der Waals surface area contributed by atoms with Crippen LogP contribution < -0.4 is 4.90 Å². The maximum atomic E-state index is 6.25. The molecule has 0 radical (unpaired) electrons. The zero-order valence-electron chi connectivity index (χ0n) is 16.1. The van der Waals surface area contributed by atoms with Crippen LogP contribution in [0.25, 0.3) is 5.95 Å². The highest BCUT2D eigenvalue weighted by Crippen LogP contribution is 2.27. The van der Waals surface area contributed by atoms with Crippen molar-refractivity contribution in [1.82, 2.24) is 19.7 Å². The standard InChI is InChI=1S/C20H29N5O/c1-14-13-19(22-20(21-14)25-16(3)12-15(2)23-25)24-10-5-8-18(9-11-24)26-17-6-4-7-17/h12-13,17-18H,4-11H2,1-3H3. The molecule has 2 aromatic heterocycles. The Morgan fingerprint density at radius 1 is 0.885 bits per heavy atom. The van der Waals surface area contributed by atoms with Crippen molar-refractivity contribution in [3.8, 4) is 5.95 Å². The molecule has 26 heavy (non-hydrogen) atoms. The first-order chi connectivity index (χ1) is 12.6. The molecule has 140 valence electrons. The topological polar surface area (TPSA) is 56.1 Å². The van der Waals surface area contributed by atoms with E-state index in [0.29, 0.717) is 18.2 Å². The summed E-state index contributed by atoms with van der Waals surface area (Å²) < 4.78 is 8.09. The second-order valence-corrected chi connectivity index (χ2v) is 7.74. The van der Waals surface area contributed by atoms with Crippen molar-refractivity contribution < 1.29 is 4.74 Å². The average Bonchev–Trinajstić information content (AvgIpc) is 2.77. The van der Waals surface area contributed by atoms with Gasteiger partial charge in [0.1, 0.15) is 5.82 Å². The van der Waals surface area contributed by atoms with E-state index < -0.39 is 0 Å². The van der Waals surface area contributed by atoms with Gasteiger partial charge in [-0.2, -0.15) is 10.1 Å². The summed E-state index contributed by atoms with van der Waals surface area (Å²) in [6.07, 6.45) is 8.13. The van der Waals surface area contributed by atoms with Gasteiger partial charge in [0, 0.05) is 30.5 Å². The lowest BCUT2D eigenvalue weighted by molar-refractivity contribution is -0.0549. The molecule has 0 N–H and O–H groups in total. The molecule has 4 rings (SSSR count). The number of aromatic nitrogens is 4. The van der Waals surface area contributed by atoms with Crippen LogP contribution >= 0.6 is 0 Å². The summed E-state index contributed by atoms with van der Waals surface area (Å²) in [5, 5.41) is 4.54. The first kappa shape index (κ1) is 17.5. The molecule has 1 saturated carbocycles. The molecule has 1 unspecified atom stereocenters. The van der Waals surface area contributed by atoms with E-state index in [9.17, 15) is 0 Å². The van der Waals surface area contributed by atoms with Gasteiger partial charge in [0.2, 0.25) is 0 Å². The third-order valence-corrected chi connectivity index (χ3v) is 5.46. The van der Waals surface area contributed by atoms with Crippen molar-refractivity contribution >= 4 is 5.82 Å². The lowest BCUT2D eigenvalue weighted by Gasteiger charge is -2.30. The second kappa shape index (κ2) is 7.35. The number of anilines is 1. The van der Waals surface area contributed by atoms with Crippen molar-refractivity contribution in [1.29, 1.82) is 0 Å². The Kier molecular flexibility index (Phi) is 4.94. The van der Waals surface area contributed by atoms with E-state index in [1.807, 2.05) is 25.5 Å². The molecule has 0 spiro atoms. The lowest BCUT2D eigenvalue weighted by Crippen LogP contribution is -2.29. The molecular formula is C20H29N5O. The molecule has 0 bridgehead atoms. The molecule has 1 atom stereocenters. The maximum Gasteiger partial charge on any atom is 0.252 e. The summed E-state index contributed by atoms with van der Waals surface area (Å²) >= 11 is 0. The molecular weight excluding hydrogens is 326 g/mol. The average molecular weight is 355 g/mol. The Hall–Kier alpha value is -1.95. The predicted molar refractivity (Wildman–Crippen MR) is 102 cm³/mol. The molecule has 1 aliphatic carbocycles. The fourth-order valence-corrected chi connectivity index (χ4v) is 3.83. The van der Waals surface area contributed by atoms with E-state index >= 15 is 0 Å². The molecule has 2 aromatic rings. The van der Waals surface area contributed by atoms with Gasteiger partial charge in [0.05, 0.1) is 17.9 Å². The van der Waals surface area contributed by atoms with Gasteiger partial charge < -0.3 is 9.64 Å². The van der Waals surface area contributed by atoms with E-state index in [-0.39, 0.29) is 0 Å². The third kappa shape index (κ3) is 3.75. The maximum absolute atomic E-state index is 6.25. The summed E-state index contributed by atoms with van der Waals surface area (Å²) in [6, 6.07) is 4.14. The smallest absolute Gasteiger partial charge is 0.252 e. The molecule has 2 fully saturated rings. The Balaban J connectivity index is 1.51. The summed E-state index contributed by atoms with van der Waals surface area (Å²) in [7, 11) is 0. The summed E-state index contributed by atoms with van der Waals surface area (Å²) in [5.74, 6) is 1.67. The molecule has 6 heteroatoms. The van der Waals surface area contributed by atoms with Crippen molar-refractivity contribution in [2.24, 2.45) is 0 Å². The van der Waals surface area contributed by atoms with Crippen LogP contribution in [0.4, 0.5) is 5.82 Å². The van der Waals surface area contributed by atoms with E-state index in [4.69, 9.17) is 9.72 Å². The summed E-state index contributed by atoms with van der Waals surface area (Å²) in [6.45, 7) is 8.08. The number of nitrogens with zero attached hydrogens (tertiary/aromatic N) is 5. The molecule has 1 saturated heterocycles. The van der Waals surface area contributed by atoms with Crippen LogP contribution in [-0.2, 0) is 4.74 Å². The first-order valence-electron chi connectivity index (χ1n) is 9.88. The number of aryl methyl sites for hydroxylation is 3. The molecule has 0 amide bonds. The molecule has 0 aromatic carbocycles. The predicted octanol–water partition coefficient (Wildman–Crippen LogP) is 3.52. The minimum atomic E-state index is 0.406. The van der Waals surface area contributed by atoms with Gasteiger partial charge in [-0.05, 0) is 65.4 Å². The monoisotopic (exact) mass is 355 g/mol. The minimum absolute atomic E-state index is 0.406. The fourth-order valence-electron chi connectivity index (χ4n) is 3.83. The highest BCUT2D eigenvalue weighted by Gasteiger charge is 2.25. The zero-order valence-corrected chi connectivity index (χ0v) is 16.1. The second-order valence-electron chi connectivity index (χ2n) is 7.74. The van der Waals surface area contributed by atoms with E-state index in [1.54, 1.807) is 0 Å². The Morgan fingerprint density at radius 3 is 2.35 bits per heavy atom. The SMILES string of the molecule is Cc1cc(N2CCCC(OC3CCC3)CC2)nc(-n2nc(C)cc2C)n1. The van der Waals surface area contributed by atoms with Crippen molar-refractivity contribution in [3.63, 3.8) is 0 Å². The first-order valence-corrected chi connectivity index (χ1v) is 9.88. The van der Waals surface area contributed by atoms with E-state index in [2.05, 4.69) is 27.1 Å². The van der Waals surface area contributed by atoms with Crippen LogP contribution in [0.1, 0.15) is 55.6 Å². The highest BCUT2D eigenvalue weighted by atomic mass is 16.5. The minimum Gasteiger partial charge on any atom is -0.375 e. The number of rotatable bonds is 4. The van der Waals surface area contributed by atoms with Gasteiger partial charge >= 0.3 is 0 Å². The van der Waals surface area contributed by atoms with Gasteiger partial charge in [-0.3, -0.25) is 0 Å². The molecule has 1 aliphatic heterocycles. The molecule has 3 heterocycles. The Morgan fingerprint density at radius 2 is 1.65 bits per heavy atom. The van der Waals surface area contributed by atoms with Gasteiger partial charge in [0.15, 0.2) is 0 Å². The van der Waals surface area contributed by atoms with Crippen LogP contribution in [0.5, 0.6) is 0 Å². The lowest BCUT2D eigenvalue weighted by atomic mass is 9.95. The van der Waals surface area contributed by atoms with Crippen LogP contribution in [0, 0.1) is 20.8 Å². The molecule has 2 aliphatic rings. The summed E-state index contributed by atoms with van der Waals surface area (Å²) in [5.41, 5.74) is 3.02. The quantitative estimate of drug-likeness (QED) is 0.840. The van der Waals surface area contributed by atoms with Crippen molar-refractivity contribution in [2.45, 2.75) is 71.5 Å². The van der Waals surface area contributed by atoms with Crippen LogP contribution in [0.2, 0.25) is 0 Å². The number of hydrogen-bond acceptors (Lipinski definition) is 5. The third-order valence-electron chi connectivity index (χ3n) is 5.46. The van der Waals surface area contributed by atoms with E-state index in [0.717, 1.165) is 55.3 Å². The fraction of sp³-hybridized carbons (Fsp3) is 0.650.